The maximum Gasteiger partial charge on any atom is 0.0754 e. The maximum atomic E-state index is 5.89. The van der Waals surface area contributed by atoms with E-state index >= 15 is 0 Å². The van der Waals surface area contributed by atoms with E-state index in [1.807, 2.05) is 0 Å². The summed E-state index contributed by atoms with van der Waals surface area (Å²) >= 11 is 1.79. The summed E-state index contributed by atoms with van der Waals surface area (Å²) in [6, 6.07) is 8.89. The van der Waals surface area contributed by atoms with Gasteiger partial charge >= 0.3 is 0 Å². The number of ether oxygens (including phenoxy) is 1. The summed E-state index contributed by atoms with van der Waals surface area (Å²) in [6.45, 7) is 7.38. The molecule has 0 spiro atoms. The van der Waals surface area contributed by atoms with Gasteiger partial charge < -0.3 is 10.1 Å². The Labute approximate surface area is 114 Å². The molecule has 2 nitrogen and oxygen atoms in total. The zero-order valence-electron chi connectivity index (χ0n) is 11.5. The second-order valence-corrected chi connectivity index (χ2v) is 6.46. The topological polar surface area (TPSA) is 21.3 Å². The molecule has 0 aliphatic carbocycles. The highest BCUT2D eigenvalue weighted by Crippen LogP contribution is 2.29. The van der Waals surface area contributed by atoms with E-state index in [9.17, 15) is 0 Å². The van der Waals surface area contributed by atoms with E-state index in [1.165, 1.54) is 10.5 Å². The zero-order chi connectivity index (χ0) is 13.0. The summed E-state index contributed by atoms with van der Waals surface area (Å²) in [5.74, 6) is 0. The van der Waals surface area contributed by atoms with E-state index in [1.54, 1.807) is 11.8 Å². The van der Waals surface area contributed by atoms with Crippen molar-refractivity contribution < 1.29 is 4.74 Å². The number of nitrogens with one attached hydrogen (secondary N) is 1. The Morgan fingerprint density at radius 3 is 2.61 bits per heavy atom. The minimum atomic E-state index is 0.175. The number of rotatable bonds is 4. The van der Waals surface area contributed by atoms with Crippen LogP contribution in [0.4, 0.5) is 0 Å². The molecule has 1 aromatic rings. The third-order valence-corrected chi connectivity index (χ3v) is 4.36. The number of hydrogen-bond acceptors (Lipinski definition) is 3. The molecular formula is C15H23NOS. The second kappa shape index (κ2) is 6.09. The van der Waals surface area contributed by atoms with Gasteiger partial charge in [-0.1, -0.05) is 26.0 Å². The van der Waals surface area contributed by atoms with Gasteiger partial charge in [0.05, 0.1) is 12.7 Å². The Balaban J connectivity index is 2.01. The first-order valence-corrected chi connectivity index (χ1v) is 7.79. The highest BCUT2D eigenvalue weighted by Gasteiger charge is 2.31. The van der Waals surface area contributed by atoms with Crippen molar-refractivity contribution in [2.45, 2.75) is 31.3 Å². The van der Waals surface area contributed by atoms with Crippen LogP contribution in [0, 0.1) is 5.41 Å². The lowest BCUT2D eigenvalue weighted by atomic mass is 9.80. The first-order chi connectivity index (χ1) is 8.62. The molecule has 1 fully saturated rings. The number of hydrogen-bond donors (Lipinski definition) is 1. The fourth-order valence-electron chi connectivity index (χ4n) is 2.45. The van der Waals surface area contributed by atoms with E-state index in [-0.39, 0.29) is 5.41 Å². The van der Waals surface area contributed by atoms with Gasteiger partial charge in [-0.25, -0.2) is 0 Å². The Bertz CT molecular complexity index is 369. The molecule has 1 atom stereocenters. The molecule has 1 aliphatic heterocycles. The zero-order valence-corrected chi connectivity index (χ0v) is 12.3. The van der Waals surface area contributed by atoms with Crippen LogP contribution in [-0.4, -0.2) is 32.1 Å². The van der Waals surface area contributed by atoms with Crippen molar-refractivity contribution in [2.24, 2.45) is 5.41 Å². The van der Waals surface area contributed by atoms with Crippen LogP contribution in [0.2, 0.25) is 0 Å². The predicted octanol–water partition coefficient (Wildman–Crippen LogP) is 2.97. The second-order valence-electron chi connectivity index (χ2n) is 5.58. The summed E-state index contributed by atoms with van der Waals surface area (Å²) < 4.78 is 5.89. The Morgan fingerprint density at radius 1 is 1.33 bits per heavy atom. The predicted molar refractivity (Wildman–Crippen MR) is 78.3 cm³/mol. The van der Waals surface area contributed by atoms with Crippen LogP contribution in [0.3, 0.4) is 0 Å². The summed E-state index contributed by atoms with van der Waals surface area (Å²) in [5.41, 5.74) is 1.57. The standard InChI is InChI=1S/C15H23NOS/c1-15(2,14-11-16-8-9-17-14)10-12-4-6-13(18-3)7-5-12/h4-7,14,16H,8-11H2,1-3H3. The van der Waals surface area contributed by atoms with E-state index in [0.717, 1.165) is 26.1 Å². The Kier molecular flexibility index (Phi) is 4.71. The van der Waals surface area contributed by atoms with Gasteiger partial charge in [0, 0.05) is 18.0 Å². The van der Waals surface area contributed by atoms with E-state index in [4.69, 9.17) is 4.74 Å². The monoisotopic (exact) mass is 265 g/mol. The quantitative estimate of drug-likeness (QED) is 0.846. The number of morpholine rings is 1. The van der Waals surface area contributed by atoms with Gasteiger partial charge in [-0.2, -0.15) is 0 Å². The highest BCUT2D eigenvalue weighted by molar-refractivity contribution is 7.98. The molecule has 1 aliphatic rings. The first-order valence-electron chi connectivity index (χ1n) is 6.57. The van der Waals surface area contributed by atoms with Crippen LogP contribution in [0.1, 0.15) is 19.4 Å². The van der Waals surface area contributed by atoms with Gasteiger partial charge in [-0.3, -0.25) is 0 Å². The van der Waals surface area contributed by atoms with Gasteiger partial charge in [0.2, 0.25) is 0 Å². The van der Waals surface area contributed by atoms with Crippen LogP contribution in [-0.2, 0) is 11.2 Å². The third-order valence-electron chi connectivity index (χ3n) is 3.62. The minimum absolute atomic E-state index is 0.175. The summed E-state index contributed by atoms with van der Waals surface area (Å²) in [5, 5.41) is 3.42. The average Bonchev–Trinajstić information content (AvgIpc) is 2.40. The SMILES string of the molecule is CSc1ccc(CC(C)(C)C2CNCCO2)cc1. The van der Waals surface area contributed by atoms with E-state index < -0.39 is 0 Å². The number of benzene rings is 1. The molecule has 0 saturated carbocycles. The van der Waals surface area contributed by atoms with Crippen LogP contribution in [0.5, 0.6) is 0 Å². The van der Waals surface area contributed by atoms with Crippen LogP contribution in [0.25, 0.3) is 0 Å². The van der Waals surface area contributed by atoms with Gasteiger partial charge in [-0.05, 0) is 35.8 Å². The normalized spacial score (nSPS) is 20.9. The Morgan fingerprint density at radius 2 is 2.06 bits per heavy atom. The summed E-state index contributed by atoms with van der Waals surface area (Å²) in [7, 11) is 0. The van der Waals surface area contributed by atoms with Crippen molar-refractivity contribution in [3.8, 4) is 0 Å². The fourth-order valence-corrected chi connectivity index (χ4v) is 2.86. The Hall–Kier alpha value is -0.510. The first kappa shape index (κ1) is 13.9. The van der Waals surface area contributed by atoms with Crippen molar-refractivity contribution in [1.29, 1.82) is 0 Å². The molecule has 1 aromatic carbocycles. The lowest BCUT2D eigenvalue weighted by Crippen LogP contribution is -2.47. The number of thioether (sulfide) groups is 1. The lowest BCUT2D eigenvalue weighted by molar-refractivity contribution is -0.0433. The van der Waals surface area contributed by atoms with Gasteiger partial charge in [-0.15, -0.1) is 11.8 Å². The molecule has 100 valence electrons. The molecule has 0 aromatic heterocycles. The van der Waals surface area contributed by atoms with Crippen molar-refractivity contribution >= 4 is 11.8 Å². The van der Waals surface area contributed by atoms with Crippen molar-refractivity contribution in [3.05, 3.63) is 29.8 Å². The molecule has 1 N–H and O–H groups in total. The molecule has 2 rings (SSSR count). The van der Waals surface area contributed by atoms with Crippen LogP contribution < -0.4 is 5.32 Å². The maximum absolute atomic E-state index is 5.89. The molecule has 1 heterocycles. The van der Waals surface area contributed by atoms with E-state index in [0.29, 0.717) is 6.10 Å². The molecule has 18 heavy (non-hydrogen) atoms. The van der Waals surface area contributed by atoms with E-state index in [2.05, 4.69) is 49.7 Å². The molecule has 0 radical (unpaired) electrons. The third kappa shape index (κ3) is 3.50. The largest absolute Gasteiger partial charge is 0.375 e. The van der Waals surface area contributed by atoms with Gasteiger partial charge in [0.1, 0.15) is 0 Å². The van der Waals surface area contributed by atoms with Crippen LogP contribution >= 0.6 is 11.8 Å². The molecular weight excluding hydrogens is 242 g/mol. The minimum Gasteiger partial charge on any atom is -0.375 e. The van der Waals surface area contributed by atoms with Crippen molar-refractivity contribution in [3.63, 3.8) is 0 Å². The lowest BCUT2D eigenvalue weighted by Gasteiger charge is -2.37. The molecule has 0 amide bonds. The molecule has 0 bridgehead atoms. The van der Waals surface area contributed by atoms with Crippen molar-refractivity contribution in [2.75, 3.05) is 26.0 Å². The van der Waals surface area contributed by atoms with Gasteiger partial charge in [0.15, 0.2) is 0 Å². The smallest absolute Gasteiger partial charge is 0.0754 e. The van der Waals surface area contributed by atoms with Crippen LogP contribution in [0.15, 0.2) is 29.2 Å². The highest BCUT2D eigenvalue weighted by atomic mass is 32.2. The molecule has 1 saturated heterocycles. The molecule has 3 heteroatoms. The van der Waals surface area contributed by atoms with Crippen molar-refractivity contribution in [1.82, 2.24) is 5.32 Å². The molecule has 1 unspecified atom stereocenters. The summed E-state index contributed by atoms with van der Waals surface area (Å²) in [6.07, 6.45) is 3.49. The fraction of sp³-hybridized carbons (Fsp3) is 0.600. The summed E-state index contributed by atoms with van der Waals surface area (Å²) in [4.78, 5) is 1.33. The van der Waals surface area contributed by atoms with Gasteiger partial charge in [0.25, 0.3) is 0 Å². The average molecular weight is 265 g/mol.